The average molecular weight is 430 g/mol. The summed E-state index contributed by atoms with van der Waals surface area (Å²) >= 11 is 5.89. The number of anilines is 2. The molecule has 2 heterocycles. The number of nitrogens with one attached hydrogen (secondary N) is 1. The van der Waals surface area contributed by atoms with Crippen LogP contribution in [0.3, 0.4) is 0 Å². The van der Waals surface area contributed by atoms with Crippen molar-refractivity contribution in [1.82, 2.24) is 4.98 Å². The van der Waals surface area contributed by atoms with E-state index in [0.717, 1.165) is 5.56 Å². The van der Waals surface area contributed by atoms with Gasteiger partial charge >= 0.3 is 0 Å². The number of rotatable bonds is 6. The number of aromatic nitrogens is 1. The highest BCUT2D eigenvalue weighted by molar-refractivity contribution is 6.30. The zero-order valence-corrected chi connectivity index (χ0v) is 17.0. The summed E-state index contributed by atoms with van der Waals surface area (Å²) in [6, 6.07) is 12.0. The number of ether oxygens (including phenoxy) is 1. The van der Waals surface area contributed by atoms with Crippen LogP contribution in [0.25, 0.3) is 11.3 Å². The van der Waals surface area contributed by atoms with E-state index in [0.29, 0.717) is 60.8 Å². The second kappa shape index (κ2) is 9.28. The monoisotopic (exact) mass is 429 g/mol. The van der Waals surface area contributed by atoms with E-state index in [1.807, 2.05) is 17.0 Å². The molecule has 4 rings (SSSR count). The smallest absolute Gasteiger partial charge is 0.224 e. The number of aryl methyl sites for hydroxylation is 1. The van der Waals surface area contributed by atoms with Crippen molar-refractivity contribution in [2.45, 2.75) is 12.8 Å². The van der Waals surface area contributed by atoms with Gasteiger partial charge in [0.15, 0.2) is 11.7 Å². The predicted molar refractivity (Wildman–Crippen MR) is 113 cm³/mol. The van der Waals surface area contributed by atoms with Crippen molar-refractivity contribution in [2.75, 3.05) is 36.5 Å². The van der Waals surface area contributed by atoms with Crippen LogP contribution >= 0.6 is 11.6 Å². The maximum absolute atomic E-state index is 14.5. The molecule has 156 valence electrons. The van der Waals surface area contributed by atoms with E-state index < -0.39 is 0 Å². The minimum atomic E-state index is -0.366. The molecule has 1 aliphatic heterocycles. The molecule has 2 aromatic carbocycles. The molecule has 0 atom stereocenters. The van der Waals surface area contributed by atoms with E-state index in [-0.39, 0.29) is 18.1 Å². The summed E-state index contributed by atoms with van der Waals surface area (Å²) in [4.78, 5) is 18.4. The van der Waals surface area contributed by atoms with Gasteiger partial charge < -0.3 is 19.4 Å². The molecule has 0 bridgehead atoms. The van der Waals surface area contributed by atoms with Crippen molar-refractivity contribution < 1.29 is 18.3 Å². The van der Waals surface area contributed by atoms with Gasteiger partial charge in [0.1, 0.15) is 5.82 Å². The molecule has 1 amide bonds. The van der Waals surface area contributed by atoms with Gasteiger partial charge in [-0.25, -0.2) is 9.37 Å². The second-order valence-corrected chi connectivity index (χ2v) is 7.38. The summed E-state index contributed by atoms with van der Waals surface area (Å²) in [6.07, 6.45) is 2.14. The first-order valence-electron chi connectivity index (χ1n) is 9.71. The third kappa shape index (κ3) is 4.98. The van der Waals surface area contributed by atoms with Crippen LogP contribution in [0.5, 0.6) is 0 Å². The Labute approximate surface area is 178 Å². The number of hydrogen-bond donors (Lipinski definition) is 1. The third-order valence-corrected chi connectivity index (χ3v) is 5.08. The predicted octanol–water partition coefficient (Wildman–Crippen LogP) is 4.54. The van der Waals surface area contributed by atoms with Crippen LogP contribution in [0.15, 0.2) is 53.1 Å². The lowest BCUT2D eigenvalue weighted by molar-refractivity contribution is -0.116. The van der Waals surface area contributed by atoms with E-state index in [4.69, 9.17) is 20.8 Å². The minimum Gasteiger partial charge on any atom is -0.441 e. The normalized spacial score (nSPS) is 14.0. The molecule has 6 nitrogen and oxygen atoms in total. The summed E-state index contributed by atoms with van der Waals surface area (Å²) in [7, 11) is 0. The Kier molecular flexibility index (Phi) is 6.30. The van der Waals surface area contributed by atoms with E-state index >= 15 is 0 Å². The standard InChI is InChI=1S/C22H21ClFN3O3/c23-16-3-1-15(2-4-16)20-14-25-22(30-20)8-7-21(28)26-17-5-6-19(18(24)13-17)27-9-11-29-12-10-27/h1-6,13-14H,7-12H2,(H,26,28). The van der Waals surface area contributed by atoms with Crippen molar-refractivity contribution in [3.63, 3.8) is 0 Å². The van der Waals surface area contributed by atoms with Crippen LogP contribution in [0.4, 0.5) is 15.8 Å². The van der Waals surface area contributed by atoms with E-state index in [1.165, 1.54) is 6.07 Å². The van der Waals surface area contributed by atoms with Gasteiger partial charge in [0.25, 0.3) is 0 Å². The molecular formula is C22H21ClFN3O3. The first-order valence-corrected chi connectivity index (χ1v) is 10.1. The van der Waals surface area contributed by atoms with Crippen LogP contribution in [-0.2, 0) is 16.0 Å². The number of oxazole rings is 1. The molecule has 3 aromatic rings. The summed E-state index contributed by atoms with van der Waals surface area (Å²) in [5.41, 5.74) is 1.80. The summed E-state index contributed by atoms with van der Waals surface area (Å²) < 4.78 is 25.5. The number of morpholine rings is 1. The molecule has 30 heavy (non-hydrogen) atoms. The zero-order chi connectivity index (χ0) is 20.9. The summed E-state index contributed by atoms with van der Waals surface area (Å²) in [6.45, 7) is 2.46. The fraction of sp³-hybridized carbons (Fsp3) is 0.273. The fourth-order valence-corrected chi connectivity index (χ4v) is 3.39. The Bertz CT molecular complexity index is 1020. The molecule has 1 N–H and O–H groups in total. The first-order chi connectivity index (χ1) is 14.6. The first kappa shape index (κ1) is 20.4. The lowest BCUT2D eigenvalue weighted by Gasteiger charge is -2.29. The van der Waals surface area contributed by atoms with Crippen molar-refractivity contribution in [3.8, 4) is 11.3 Å². The molecular weight excluding hydrogens is 409 g/mol. The largest absolute Gasteiger partial charge is 0.441 e. The Balaban J connectivity index is 1.32. The van der Waals surface area contributed by atoms with E-state index in [9.17, 15) is 9.18 Å². The Morgan fingerprint density at radius 1 is 1.17 bits per heavy atom. The average Bonchev–Trinajstić information content (AvgIpc) is 3.23. The number of nitrogens with zero attached hydrogens (tertiary/aromatic N) is 2. The molecule has 8 heteroatoms. The topological polar surface area (TPSA) is 67.6 Å². The number of benzene rings is 2. The molecule has 1 aliphatic rings. The molecule has 0 spiro atoms. The summed E-state index contributed by atoms with van der Waals surface area (Å²) in [5, 5.41) is 3.36. The van der Waals surface area contributed by atoms with Crippen molar-refractivity contribution in [1.29, 1.82) is 0 Å². The highest BCUT2D eigenvalue weighted by atomic mass is 35.5. The molecule has 0 radical (unpaired) electrons. The Morgan fingerprint density at radius 2 is 1.93 bits per heavy atom. The molecule has 1 fully saturated rings. The maximum atomic E-state index is 14.5. The van der Waals surface area contributed by atoms with E-state index in [2.05, 4.69) is 10.3 Å². The van der Waals surface area contributed by atoms with Gasteiger partial charge in [0.05, 0.1) is 25.1 Å². The Hall–Kier alpha value is -2.90. The third-order valence-electron chi connectivity index (χ3n) is 4.83. The van der Waals surface area contributed by atoms with Crippen LogP contribution in [0.1, 0.15) is 12.3 Å². The SMILES string of the molecule is O=C(CCc1ncc(-c2ccc(Cl)cc2)o1)Nc1ccc(N2CCOCC2)c(F)c1. The molecule has 1 aromatic heterocycles. The van der Waals surface area contributed by atoms with Gasteiger partial charge in [0.2, 0.25) is 5.91 Å². The van der Waals surface area contributed by atoms with E-state index in [1.54, 1.807) is 30.5 Å². The molecule has 0 aliphatic carbocycles. The number of amides is 1. The zero-order valence-electron chi connectivity index (χ0n) is 16.2. The van der Waals surface area contributed by atoms with Gasteiger partial charge in [-0.2, -0.15) is 0 Å². The van der Waals surface area contributed by atoms with Gasteiger partial charge in [-0.3, -0.25) is 4.79 Å². The highest BCUT2D eigenvalue weighted by Crippen LogP contribution is 2.25. The van der Waals surface area contributed by atoms with Crippen LogP contribution in [0.2, 0.25) is 5.02 Å². The lowest BCUT2D eigenvalue weighted by atomic mass is 10.2. The van der Waals surface area contributed by atoms with Crippen molar-refractivity contribution in [2.24, 2.45) is 0 Å². The summed E-state index contributed by atoms with van der Waals surface area (Å²) in [5.74, 6) is 0.474. The lowest BCUT2D eigenvalue weighted by Crippen LogP contribution is -2.36. The van der Waals surface area contributed by atoms with Crippen LogP contribution in [-0.4, -0.2) is 37.2 Å². The number of halogens is 2. The maximum Gasteiger partial charge on any atom is 0.224 e. The minimum absolute atomic E-state index is 0.174. The highest BCUT2D eigenvalue weighted by Gasteiger charge is 2.16. The quantitative estimate of drug-likeness (QED) is 0.623. The van der Waals surface area contributed by atoms with Gasteiger partial charge in [-0.15, -0.1) is 0 Å². The van der Waals surface area contributed by atoms with Gasteiger partial charge in [0, 0.05) is 42.2 Å². The number of hydrogen-bond acceptors (Lipinski definition) is 5. The van der Waals surface area contributed by atoms with Gasteiger partial charge in [-0.05, 0) is 42.5 Å². The van der Waals surface area contributed by atoms with Gasteiger partial charge in [-0.1, -0.05) is 11.6 Å². The number of carbonyl (C=O) groups excluding carboxylic acids is 1. The van der Waals surface area contributed by atoms with Crippen molar-refractivity contribution in [3.05, 3.63) is 65.4 Å². The Morgan fingerprint density at radius 3 is 2.67 bits per heavy atom. The molecule has 1 saturated heterocycles. The molecule has 0 saturated carbocycles. The van der Waals surface area contributed by atoms with Crippen LogP contribution < -0.4 is 10.2 Å². The fourth-order valence-electron chi connectivity index (χ4n) is 3.26. The second-order valence-electron chi connectivity index (χ2n) is 6.94. The van der Waals surface area contributed by atoms with Crippen LogP contribution in [0, 0.1) is 5.82 Å². The van der Waals surface area contributed by atoms with Crippen molar-refractivity contribution >= 4 is 28.9 Å². The molecule has 0 unspecified atom stereocenters. The number of carbonyl (C=O) groups is 1.